The Labute approximate surface area is 232 Å². The molecular formula is C30H30ClNO7. The second-order valence-corrected chi connectivity index (χ2v) is 9.40. The van der Waals surface area contributed by atoms with Gasteiger partial charge < -0.3 is 24.1 Å². The van der Waals surface area contributed by atoms with Crippen molar-refractivity contribution in [2.45, 2.75) is 26.8 Å². The Morgan fingerprint density at radius 3 is 2.21 bits per heavy atom. The van der Waals surface area contributed by atoms with Crippen molar-refractivity contribution >= 4 is 34.7 Å². The minimum absolute atomic E-state index is 0.118. The number of methoxy groups -OCH3 is 3. The van der Waals surface area contributed by atoms with Crippen LogP contribution in [0.1, 0.15) is 35.2 Å². The molecule has 1 fully saturated rings. The van der Waals surface area contributed by atoms with Crippen LogP contribution in [-0.2, 0) is 9.59 Å². The number of carbonyl (C=O) groups is 2. The maximum absolute atomic E-state index is 13.6. The molecule has 0 aliphatic carbocycles. The first-order valence-electron chi connectivity index (χ1n) is 12.3. The van der Waals surface area contributed by atoms with Gasteiger partial charge in [-0.05, 0) is 56.2 Å². The lowest BCUT2D eigenvalue weighted by molar-refractivity contribution is -0.132. The number of hydrogen-bond donors (Lipinski definition) is 1. The van der Waals surface area contributed by atoms with Gasteiger partial charge in [0.2, 0.25) is 0 Å². The Kier molecular flexibility index (Phi) is 8.06. The van der Waals surface area contributed by atoms with Gasteiger partial charge in [0.1, 0.15) is 17.3 Å². The van der Waals surface area contributed by atoms with Gasteiger partial charge in [-0.1, -0.05) is 35.4 Å². The number of Topliss-reactive ketones (excluding diaryl/α,β-unsaturated/α-hetero) is 1. The van der Waals surface area contributed by atoms with Crippen LogP contribution in [0.25, 0.3) is 5.76 Å². The van der Waals surface area contributed by atoms with Crippen LogP contribution in [0, 0.1) is 13.8 Å². The monoisotopic (exact) mass is 551 g/mol. The lowest BCUT2D eigenvalue weighted by Crippen LogP contribution is -2.30. The first kappa shape index (κ1) is 27.9. The third-order valence-corrected chi connectivity index (χ3v) is 6.88. The number of ether oxygens (including phenoxy) is 4. The van der Waals surface area contributed by atoms with Crippen molar-refractivity contribution in [3.05, 3.63) is 81.4 Å². The Hall–Kier alpha value is -4.17. The highest BCUT2D eigenvalue weighted by Crippen LogP contribution is 2.46. The molecule has 39 heavy (non-hydrogen) atoms. The molecule has 0 bridgehead atoms. The standard InChI is InChI=1S/C30H30ClNO7/c1-7-39-25-13-18(9-11-22(25)36-4)27-26(28(33)19-14-20(31)24(38-6)15-23(19)37-5)29(34)30(35)32(27)21-10-8-16(2)12-17(21)3/h8-15,27,33H,7H2,1-6H3/b28-26+. The number of aryl methyl sites for hydroxylation is 2. The van der Waals surface area contributed by atoms with Gasteiger partial charge in [-0.2, -0.15) is 0 Å². The number of halogens is 1. The van der Waals surface area contributed by atoms with Gasteiger partial charge in [0.15, 0.2) is 11.5 Å². The first-order valence-corrected chi connectivity index (χ1v) is 12.6. The highest BCUT2D eigenvalue weighted by molar-refractivity contribution is 6.52. The number of nitrogens with zero attached hydrogens (tertiary/aromatic N) is 1. The molecule has 0 spiro atoms. The molecule has 1 aliphatic heterocycles. The largest absolute Gasteiger partial charge is 0.507 e. The van der Waals surface area contributed by atoms with Crippen LogP contribution in [0.5, 0.6) is 23.0 Å². The van der Waals surface area contributed by atoms with Gasteiger partial charge in [0.05, 0.1) is 50.1 Å². The average molecular weight is 552 g/mol. The zero-order chi connectivity index (χ0) is 28.4. The van der Waals surface area contributed by atoms with Crippen molar-refractivity contribution in [2.75, 3.05) is 32.8 Å². The predicted molar refractivity (Wildman–Crippen MR) is 149 cm³/mol. The quantitative estimate of drug-likeness (QED) is 0.208. The summed E-state index contributed by atoms with van der Waals surface area (Å²) in [6.45, 7) is 6.02. The van der Waals surface area contributed by atoms with Crippen molar-refractivity contribution < 1.29 is 33.6 Å². The maximum atomic E-state index is 13.6. The zero-order valence-electron chi connectivity index (χ0n) is 22.6. The molecule has 1 N–H and O–H groups in total. The Bertz CT molecular complexity index is 1480. The van der Waals surface area contributed by atoms with Crippen molar-refractivity contribution in [3.8, 4) is 23.0 Å². The van der Waals surface area contributed by atoms with Gasteiger partial charge in [-0.15, -0.1) is 0 Å². The van der Waals surface area contributed by atoms with Gasteiger partial charge >= 0.3 is 0 Å². The second kappa shape index (κ2) is 11.3. The molecule has 0 radical (unpaired) electrons. The molecule has 8 nitrogen and oxygen atoms in total. The van der Waals surface area contributed by atoms with E-state index in [1.807, 2.05) is 32.9 Å². The summed E-state index contributed by atoms with van der Waals surface area (Å²) in [4.78, 5) is 28.7. The molecule has 3 aromatic carbocycles. The smallest absolute Gasteiger partial charge is 0.300 e. The van der Waals surface area contributed by atoms with E-state index in [0.29, 0.717) is 35.1 Å². The van der Waals surface area contributed by atoms with E-state index in [1.165, 1.54) is 38.4 Å². The summed E-state index contributed by atoms with van der Waals surface area (Å²) in [5.41, 5.74) is 2.91. The number of benzene rings is 3. The predicted octanol–water partition coefficient (Wildman–Crippen LogP) is 6.01. The molecule has 1 unspecified atom stereocenters. The fourth-order valence-electron chi connectivity index (χ4n) is 4.79. The first-order chi connectivity index (χ1) is 18.7. The van der Waals surface area contributed by atoms with Crippen LogP contribution in [0.4, 0.5) is 5.69 Å². The zero-order valence-corrected chi connectivity index (χ0v) is 23.4. The number of carbonyl (C=O) groups excluding carboxylic acids is 2. The highest BCUT2D eigenvalue weighted by atomic mass is 35.5. The topological polar surface area (TPSA) is 94.5 Å². The van der Waals surface area contributed by atoms with E-state index < -0.39 is 23.5 Å². The van der Waals surface area contributed by atoms with E-state index in [0.717, 1.165) is 11.1 Å². The molecule has 1 aliphatic rings. The third-order valence-electron chi connectivity index (χ3n) is 6.59. The molecule has 204 valence electrons. The summed E-state index contributed by atoms with van der Waals surface area (Å²) in [7, 11) is 4.40. The van der Waals surface area contributed by atoms with Gasteiger partial charge in [-0.25, -0.2) is 0 Å². The molecular weight excluding hydrogens is 522 g/mol. The molecule has 0 aromatic heterocycles. The molecule has 4 rings (SSSR count). The summed E-state index contributed by atoms with van der Waals surface area (Å²) in [6.07, 6.45) is 0. The van der Waals surface area contributed by atoms with E-state index in [4.69, 9.17) is 30.5 Å². The number of rotatable bonds is 8. The van der Waals surface area contributed by atoms with Crippen molar-refractivity contribution in [1.82, 2.24) is 0 Å². The van der Waals surface area contributed by atoms with Crippen LogP contribution in [-0.4, -0.2) is 44.7 Å². The van der Waals surface area contributed by atoms with Crippen LogP contribution >= 0.6 is 11.6 Å². The lowest BCUT2D eigenvalue weighted by Gasteiger charge is -2.27. The minimum atomic E-state index is -0.984. The molecule has 1 heterocycles. The lowest BCUT2D eigenvalue weighted by atomic mass is 9.94. The third kappa shape index (κ3) is 5.00. The molecule has 1 atom stereocenters. The van der Waals surface area contributed by atoms with E-state index in [2.05, 4.69) is 0 Å². The maximum Gasteiger partial charge on any atom is 0.300 e. The summed E-state index contributed by atoms with van der Waals surface area (Å²) in [5, 5.41) is 11.8. The Morgan fingerprint density at radius 1 is 0.897 bits per heavy atom. The van der Waals surface area contributed by atoms with Crippen LogP contribution in [0.15, 0.2) is 54.1 Å². The summed E-state index contributed by atoms with van der Waals surface area (Å²) in [6, 6.07) is 12.7. The van der Waals surface area contributed by atoms with Crippen LogP contribution < -0.4 is 23.8 Å². The van der Waals surface area contributed by atoms with Gasteiger partial charge in [-0.3, -0.25) is 14.5 Å². The molecule has 1 amide bonds. The van der Waals surface area contributed by atoms with Crippen molar-refractivity contribution in [1.29, 1.82) is 0 Å². The van der Waals surface area contributed by atoms with E-state index in [1.54, 1.807) is 24.3 Å². The number of aliphatic hydroxyl groups is 1. The minimum Gasteiger partial charge on any atom is -0.507 e. The average Bonchev–Trinajstić information content (AvgIpc) is 3.18. The number of anilines is 1. The fraction of sp³-hybridized carbons (Fsp3) is 0.267. The van der Waals surface area contributed by atoms with Crippen molar-refractivity contribution in [3.63, 3.8) is 0 Å². The summed E-state index contributed by atoms with van der Waals surface area (Å²) >= 11 is 6.37. The number of aliphatic hydroxyl groups excluding tert-OH is 1. The number of hydrogen-bond acceptors (Lipinski definition) is 7. The second-order valence-electron chi connectivity index (χ2n) is 8.99. The van der Waals surface area contributed by atoms with Gasteiger partial charge in [0.25, 0.3) is 11.7 Å². The Morgan fingerprint density at radius 2 is 1.59 bits per heavy atom. The van der Waals surface area contributed by atoms with Crippen LogP contribution in [0.3, 0.4) is 0 Å². The summed E-state index contributed by atoms with van der Waals surface area (Å²) in [5.74, 6) is -0.577. The number of amides is 1. The molecule has 3 aromatic rings. The van der Waals surface area contributed by atoms with Gasteiger partial charge in [0, 0.05) is 11.8 Å². The van der Waals surface area contributed by atoms with E-state index in [9.17, 15) is 14.7 Å². The highest BCUT2D eigenvalue weighted by Gasteiger charge is 2.48. The molecule has 9 heteroatoms. The molecule has 0 saturated carbocycles. The normalized spacial score (nSPS) is 16.4. The SMILES string of the molecule is CCOc1cc(C2/C(=C(\O)c3cc(Cl)c(OC)cc3OC)C(=O)C(=O)N2c2ccc(C)cc2C)ccc1OC. The van der Waals surface area contributed by atoms with Crippen LogP contribution in [0.2, 0.25) is 5.02 Å². The summed E-state index contributed by atoms with van der Waals surface area (Å²) < 4.78 is 22.0. The van der Waals surface area contributed by atoms with Crippen molar-refractivity contribution in [2.24, 2.45) is 0 Å². The van der Waals surface area contributed by atoms with E-state index >= 15 is 0 Å². The van der Waals surface area contributed by atoms with E-state index in [-0.39, 0.29) is 21.9 Å². The number of ketones is 1. The Balaban J connectivity index is 2.03. The molecule has 1 saturated heterocycles. The fourth-order valence-corrected chi connectivity index (χ4v) is 5.03.